The Morgan fingerprint density at radius 2 is 1.97 bits per heavy atom. The molecule has 8 heteroatoms. The van der Waals surface area contributed by atoms with E-state index in [0.29, 0.717) is 40.2 Å². The second-order valence-electron chi connectivity index (χ2n) is 6.98. The van der Waals surface area contributed by atoms with Gasteiger partial charge in [0.05, 0.1) is 24.1 Å². The molecule has 0 fully saturated rings. The summed E-state index contributed by atoms with van der Waals surface area (Å²) in [5, 5.41) is 3.52. The van der Waals surface area contributed by atoms with Crippen LogP contribution in [0.15, 0.2) is 52.1 Å². The summed E-state index contributed by atoms with van der Waals surface area (Å²) >= 11 is 1.40. The monoisotopic (exact) mass is 426 g/mol. The van der Waals surface area contributed by atoms with Gasteiger partial charge in [-0.15, -0.1) is 11.8 Å². The van der Waals surface area contributed by atoms with Gasteiger partial charge in [-0.2, -0.15) is 0 Å². The highest BCUT2D eigenvalue weighted by atomic mass is 32.2. The first-order valence-electron chi connectivity index (χ1n) is 9.63. The molecule has 2 aromatic heterocycles. The molecular weight excluding hydrogens is 400 g/mol. The molecule has 0 saturated heterocycles. The van der Waals surface area contributed by atoms with Crippen LogP contribution in [0.3, 0.4) is 0 Å². The molecule has 0 unspecified atom stereocenters. The van der Waals surface area contributed by atoms with Crippen molar-refractivity contribution >= 4 is 23.4 Å². The SMILES string of the molecule is CSc1nc(-c2ccco2)nc(C)c1C(=O)Nc1ccc(OCCCN(C)C)cc1. The number of furan rings is 1. The Morgan fingerprint density at radius 3 is 2.60 bits per heavy atom. The van der Waals surface area contributed by atoms with Gasteiger partial charge < -0.3 is 19.4 Å². The number of amides is 1. The first-order chi connectivity index (χ1) is 14.5. The van der Waals surface area contributed by atoms with Gasteiger partial charge >= 0.3 is 0 Å². The fraction of sp³-hybridized carbons (Fsp3) is 0.318. The molecule has 3 aromatic rings. The van der Waals surface area contributed by atoms with Crippen LogP contribution in [0.2, 0.25) is 0 Å². The van der Waals surface area contributed by atoms with E-state index in [9.17, 15) is 4.79 Å². The second kappa shape index (κ2) is 10.3. The number of rotatable bonds is 9. The van der Waals surface area contributed by atoms with Gasteiger partial charge in [-0.3, -0.25) is 4.79 Å². The van der Waals surface area contributed by atoms with Crippen LogP contribution in [-0.2, 0) is 0 Å². The molecule has 30 heavy (non-hydrogen) atoms. The highest BCUT2D eigenvalue weighted by Crippen LogP contribution is 2.26. The summed E-state index contributed by atoms with van der Waals surface area (Å²) in [6.45, 7) is 3.43. The Bertz CT molecular complexity index is 973. The van der Waals surface area contributed by atoms with Crippen molar-refractivity contribution < 1.29 is 13.9 Å². The highest BCUT2D eigenvalue weighted by molar-refractivity contribution is 7.98. The Balaban J connectivity index is 1.68. The summed E-state index contributed by atoms with van der Waals surface area (Å²) in [7, 11) is 4.08. The molecular formula is C22H26N4O3S. The lowest BCUT2D eigenvalue weighted by Crippen LogP contribution is -2.17. The van der Waals surface area contributed by atoms with Crippen LogP contribution >= 0.6 is 11.8 Å². The van der Waals surface area contributed by atoms with Crippen molar-refractivity contribution in [1.29, 1.82) is 0 Å². The number of aromatic nitrogens is 2. The average Bonchev–Trinajstić information content (AvgIpc) is 3.26. The normalized spacial score (nSPS) is 11.0. The second-order valence-corrected chi connectivity index (χ2v) is 7.77. The van der Waals surface area contributed by atoms with Gasteiger partial charge in [0, 0.05) is 12.2 Å². The summed E-state index contributed by atoms with van der Waals surface area (Å²) < 4.78 is 11.1. The predicted octanol–water partition coefficient (Wildman–Crippen LogP) is 4.35. The van der Waals surface area contributed by atoms with Crippen molar-refractivity contribution in [2.45, 2.75) is 18.4 Å². The largest absolute Gasteiger partial charge is 0.494 e. The van der Waals surface area contributed by atoms with Crippen molar-refractivity contribution in [3.05, 3.63) is 53.9 Å². The molecule has 1 aromatic carbocycles. The lowest BCUT2D eigenvalue weighted by atomic mass is 10.2. The number of anilines is 1. The van der Waals surface area contributed by atoms with E-state index in [-0.39, 0.29) is 5.91 Å². The van der Waals surface area contributed by atoms with Gasteiger partial charge in [-0.25, -0.2) is 9.97 Å². The number of carbonyl (C=O) groups is 1. The number of nitrogens with zero attached hydrogens (tertiary/aromatic N) is 3. The molecule has 158 valence electrons. The molecule has 0 aliphatic heterocycles. The van der Waals surface area contributed by atoms with Crippen molar-refractivity contribution in [2.24, 2.45) is 0 Å². The van der Waals surface area contributed by atoms with Crippen LogP contribution < -0.4 is 10.1 Å². The van der Waals surface area contributed by atoms with Gasteiger partial charge in [0.15, 0.2) is 11.6 Å². The third-order valence-electron chi connectivity index (χ3n) is 4.35. The number of aryl methyl sites for hydroxylation is 1. The first kappa shape index (κ1) is 21.9. The zero-order valence-corrected chi connectivity index (χ0v) is 18.5. The Labute approximate surface area is 180 Å². The van der Waals surface area contributed by atoms with Crippen molar-refractivity contribution in [1.82, 2.24) is 14.9 Å². The smallest absolute Gasteiger partial charge is 0.260 e. The standard InChI is InChI=1S/C22H26N4O3S/c1-15-19(22(30-4)25-20(23-15)18-7-5-13-29-18)21(27)24-16-8-10-17(11-9-16)28-14-6-12-26(2)3/h5,7-11,13H,6,12,14H2,1-4H3,(H,24,27). The summed E-state index contributed by atoms with van der Waals surface area (Å²) in [4.78, 5) is 24.0. The molecule has 3 rings (SSSR count). The summed E-state index contributed by atoms with van der Waals surface area (Å²) in [6.07, 6.45) is 4.41. The number of ether oxygens (including phenoxy) is 1. The topological polar surface area (TPSA) is 80.5 Å². The maximum absolute atomic E-state index is 12.9. The molecule has 0 bridgehead atoms. The third-order valence-corrected chi connectivity index (χ3v) is 5.03. The van der Waals surface area contributed by atoms with Crippen LogP contribution in [0.1, 0.15) is 22.5 Å². The number of thioether (sulfide) groups is 1. The number of carbonyl (C=O) groups excluding carboxylic acids is 1. The lowest BCUT2D eigenvalue weighted by Gasteiger charge is -2.13. The molecule has 0 atom stereocenters. The van der Waals surface area contributed by atoms with E-state index in [2.05, 4.69) is 20.2 Å². The van der Waals surface area contributed by atoms with Gasteiger partial charge in [0.25, 0.3) is 5.91 Å². The van der Waals surface area contributed by atoms with Crippen LogP contribution in [0, 0.1) is 6.92 Å². The minimum atomic E-state index is -0.248. The van der Waals surface area contributed by atoms with Crippen LogP contribution in [0.25, 0.3) is 11.6 Å². The van der Waals surface area contributed by atoms with Crippen LogP contribution in [0.4, 0.5) is 5.69 Å². The highest BCUT2D eigenvalue weighted by Gasteiger charge is 2.20. The maximum Gasteiger partial charge on any atom is 0.260 e. The van der Waals surface area contributed by atoms with Crippen molar-refractivity contribution in [3.8, 4) is 17.3 Å². The number of benzene rings is 1. The quantitative estimate of drug-likeness (QED) is 0.309. The van der Waals surface area contributed by atoms with Gasteiger partial charge in [0.2, 0.25) is 0 Å². The molecule has 0 aliphatic carbocycles. The van der Waals surface area contributed by atoms with E-state index < -0.39 is 0 Å². The fourth-order valence-electron chi connectivity index (χ4n) is 2.87. The Morgan fingerprint density at radius 1 is 1.20 bits per heavy atom. The predicted molar refractivity (Wildman–Crippen MR) is 119 cm³/mol. The maximum atomic E-state index is 12.9. The van der Waals surface area contributed by atoms with Crippen molar-refractivity contribution in [2.75, 3.05) is 38.8 Å². The van der Waals surface area contributed by atoms with Gasteiger partial charge in [0.1, 0.15) is 10.8 Å². The number of nitrogens with one attached hydrogen (secondary N) is 1. The van der Waals surface area contributed by atoms with E-state index in [0.717, 1.165) is 18.7 Å². The zero-order chi connectivity index (χ0) is 21.5. The average molecular weight is 427 g/mol. The molecule has 0 radical (unpaired) electrons. The summed E-state index contributed by atoms with van der Waals surface area (Å²) in [5.41, 5.74) is 1.74. The molecule has 0 saturated carbocycles. The van der Waals surface area contributed by atoms with E-state index in [1.165, 1.54) is 11.8 Å². The summed E-state index contributed by atoms with van der Waals surface area (Å²) in [6, 6.07) is 10.9. The lowest BCUT2D eigenvalue weighted by molar-refractivity contribution is 0.102. The minimum Gasteiger partial charge on any atom is -0.494 e. The van der Waals surface area contributed by atoms with E-state index in [4.69, 9.17) is 9.15 Å². The minimum absolute atomic E-state index is 0.248. The molecule has 1 amide bonds. The Hall–Kier alpha value is -2.84. The number of hydrogen-bond donors (Lipinski definition) is 1. The third kappa shape index (κ3) is 5.61. The molecule has 2 heterocycles. The van der Waals surface area contributed by atoms with Crippen LogP contribution in [-0.4, -0.2) is 54.3 Å². The number of hydrogen-bond acceptors (Lipinski definition) is 7. The van der Waals surface area contributed by atoms with Crippen molar-refractivity contribution in [3.63, 3.8) is 0 Å². The Kier molecular flexibility index (Phi) is 7.48. The van der Waals surface area contributed by atoms with Gasteiger partial charge in [-0.05, 0) is 70.1 Å². The van der Waals surface area contributed by atoms with Gasteiger partial charge in [-0.1, -0.05) is 0 Å². The molecule has 0 aliphatic rings. The van der Waals surface area contributed by atoms with E-state index in [1.54, 1.807) is 25.3 Å². The van der Waals surface area contributed by atoms with Crippen LogP contribution in [0.5, 0.6) is 5.75 Å². The van der Waals surface area contributed by atoms with E-state index >= 15 is 0 Å². The first-order valence-corrected chi connectivity index (χ1v) is 10.9. The zero-order valence-electron chi connectivity index (χ0n) is 17.6. The molecule has 0 spiro atoms. The van der Waals surface area contributed by atoms with E-state index in [1.807, 2.05) is 44.6 Å². The molecule has 7 nitrogen and oxygen atoms in total. The summed E-state index contributed by atoms with van der Waals surface area (Å²) in [5.74, 6) is 1.57. The fourth-order valence-corrected chi connectivity index (χ4v) is 3.49. The molecule has 1 N–H and O–H groups in total.